The molecule has 234 valence electrons. The Morgan fingerprint density at radius 1 is 0.800 bits per heavy atom. The number of hydrogen-bond donors (Lipinski definition) is 4. The number of carboxylic acids is 2. The number of hydrogen-bond acceptors (Lipinski definition) is 6. The molecule has 4 N–H and O–H groups in total. The predicted octanol–water partition coefficient (Wildman–Crippen LogP) is 5.85. The van der Waals surface area contributed by atoms with Gasteiger partial charge in [-0.15, -0.1) is 0 Å². The first-order valence-corrected chi connectivity index (χ1v) is 15.1. The van der Waals surface area contributed by atoms with Crippen molar-refractivity contribution in [1.82, 2.24) is 9.88 Å². The average Bonchev–Trinajstić information content (AvgIpc) is 3.54. The van der Waals surface area contributed by atoms with E-state index < -0.39 is 17.5 Å². The molecule has 1 aromatic heterocycles. The zero-order valence-corrected chi connectivity index (χ0v) is 25.0. The number of piperidine rings is 1. The Labute approximate surface area is 261 Å². The van der Waals surface area contributed by atoms with E-state index in [1.54, 1.807) is 0 Å². The van der Waals surface area contributed by atoms with Crippen LogP contribution in [-0.2, 0) is 21.6 Å². The van der Waals surface area contributed by atoms with Crippen LogP contribution in [0, 0.1) is 0 Å². The highest BCUT2D eigenvalue weighted by Crippen LogP contribution is 2.35. The number of ether oxygens (including phenoxy) is 2. The van der Waals surface area contributed by atoms with Gasteiger partial charge in [-0.05, 0) is 77.6 Å². The van der Waals surface area contributed by atoms with Crippen LogP contribution in [-0.4, -0.2) is 70.0 Å². The largest absolute Gasteiger partial charge is 0.493 e. The molecule has 5 aromatic rings. The van der Waals surface area contributed by atoms with Gasteiger partial charge in [-0.1, -0.05) is 54.6 Å². The Morgan fingerprint density at radius 2 is 1.53 bits per heavy atom. The van der Waals surface area contributed by atoms with Crippen molar-refractivity contribution in [2.45, 2.75) is 31.3 Å². The van der Waals surface area contributed by atoms with Crippen molar-refractivity contribution in [3.8, 4) is 11.5 Å². The van der Waals surface area contributed by atoms with Gasteiger partial charge < -0.3 is 34.7 Å². The van der Waals surface area contributed by atoms with Crippen molar-refractivity contribution in [3.63, 3.8) is 0 Å². The van der Waals surface area contributed by atoms with E-state index in [0.29, 0.717) is 13.2 Å². The number of nitrogens with one attached hydrogen (secondary N) is 1. The van der Waals surface area contributed by atoms with E-state index in [9.17, 15) is 5.11 Å². The molecule has 6 rings (SSSR count). The minimum absolute atomic E-state index is 0.652. The fraction of sp³-hybridized carbons (Fsp3) is 0.278. The highest BCUT2D eigenvalue weighted by molar-refractivity contribution is 6.27. The molecule has 9 nitrogen and oxygen atoms in total. The molecule has 9 heteroatoms. The van der Waals surface area contributed by atoms with Crippen molar-refractivity contribution in [3.05, 3.63) is 108 Å². The fourth-order valence-corrected chi connectivity index (χ4v) is 5.62. The Kier molecular flexibility index (Phi) is 10.3. The SMILES string of the molecule is O=C(O)C(=O)O.OC1(c2ccc3cc(OCCc4ccccc4)ccc3c2)CCN(CCCOc2cccc3[nH]ccc23)CC1. The number of carboxylic acid groups (broad SMARTS) is 2. The second kappa shape index (κ2) is 14.7. The Bertz CT molecular complexity index is 1710. The topological polar surface area (TPSA) is 132 Å². The lowest BCUT2D eigenvalue weighted by Crippen LogP contribution is -2.43. The van der Waals surface area contributed by atoms with E-state index in [1.165, 1.54) is 5.56 Å². The van der Waals surface area contributed by atoms with Crippen molar-refractivity contribution in [2.24, 2.45) is 0 Å². The maximum absolute atomic E-state index is 11.5. The summed E-state index contributed by atoms with van der Waals surface area (Å²) >= 11 is 0. The number of nitrogens with zero attached hydrogens (tertiary/aromatic N) is 1. The van der Waals surface area contributed by atoms with Crippen LogP contribution in [0.4, 0.5) is 0 Å². The molecule has 0 radical (unpaired) electrons. The van der Waals surface area contributed by atoms with Crippen LogP contribution in [0.2, 0.25) is 0 Å². The minimum Gasteiger partial charge on any atom is -0.493 e. The van der Waals surface area contributed by atoms with E-state index in [1.807, 2.05) is 30.5 Å². The fourth-order valence-electron chi connectivity index (χ4n) is 5.62. The average molecular weight is 611 g/mol. The quantitative estimate of drug-likeness (QED) is 0.114. The molecule has 1 aliphatic rings. The maximum Gasteiger partial charge on any atom is 0.414 e. The molecule has 0 unspecified atom stereocenters. The number of aliphatic carboxylic acids is 2. The number of likely N-dealkylation sites (tertiary alicyclic amines) is 1. The molecule has 45 heavy (non-hydrogen) atoms. The van der Waals surface area contributed by atoms with Crippen molar-refractivity contribution in [2.75, 3.05) is 32.8 Å². The van der Waals surface area contributed by atoms with Crippen molar-refractivity contribution in [1.29, 1.82) is 0 Å². The first kappa shape index (κ1) is 31.6. The lowest BCUT2D eigenvalue weighted by atomic mass is 9.83. The number of rotatable bonds is 10. The number of aromatic nitrogens is 1. The number of H-pyrrole nitrogens is 1. The van der Waals surface area contributed by atoms with Gasteiger partial charge in [-0.25, -0.2) is 9.59 Å². The predicted molar refractivity (Wildman–Crippen MR) is 173 cm³/mol. The third-order valence-corrected chi connectivity index (χ3v) is 8.15. The number of aromatic amines is 1. The third kappa shape index (κ3) is 8.41. The second-order valence-corrected chi connectivity index (χ2v) is 11.2. The molecule has 0 amide bonds. The van der Waals surface area contributed by atoms with Gasteiger partial charge in [-0.3, -0.25) is 0 Å². The Morgan fingerprint density at radius 3 is 2.29 bits per heavy atom. The van der Waals surface area contributed by atoms with E-state index >= 15 is 0 Å². The number of aliphatic hydroxyl groups is 1. The maximum atomic E-state index is 11.5. The normalized spacial score (nSPS) is 14.4. The molecule has 0 saturated carbocycles. The monoisotopic (exact) mass is 610 g/mol. The van der Waals surface area contributed by atoms with E-state index in [2.05, 4.69) is 76.6 Å². The third-order valence-electron chi connectivity index (χ3n) is 8.15. The van der Waals surface area contributed by atoms with Crippen LogP contribution < -0.4 is 9.47 Å². The lowest BCUT2D eigenvalue weighted by Gasteiger charge is -2.38. The molecular weight excluding hydrogens is 572 g/mol. The number of benzene rings is 4. The zero-order chi connectivity index (χ0) is 31.6. The summed E-state index contributed by atoms with van der Waals surface area (Å²) in [6.45, 7) is 4.09. The summed E-state index contributed by atoms with van der Waals surface area (Å²) in [7, 11) is 0. The molecule has 1 saturated heterocycles. The summed E-state index contributed by atoms with van der Waals surface area (Å²) in [4.78, 5) is 23.9. The van der Waals surface area contributed by atoms with Gasteiger partial charge in [0, 0.05) is 43.2 Å². The molecule has 0 atom stereocenters. The molecular formula is C36H38N2O7. The van der Waals surface area contributed by atoms with Crippen LogP contribution in [0.1, 0.15) is 30.4 Å². The standard InChI is InChI=1S/C34H36N2O3.C2H2O4/c37-34(16-20-36(21-17-34)19-5-22-39-33-9-4-8-32-31(33)14-18-35-32)29-12-10-28-25-30(13-11-27(28)24-29)38-23-15-26-6-2-1-3-7-26;3-1(4)2(5)6/h1-4,6-14,18,24-25,35,37H,5,15-17,19-23H2;(H,3,4)(H,5,6). The molecule has 0 bridgehead atoms. The van der Waals surface area contributed by atoms with E-state index in [-0.39, 0.29) is 0 Å². The van der Waals surface area contributed by atoms with Gasteiger partial charge >= 0.3 is 11.9 Å². The van der Waals surface area contributed by atoms with Gasteiger partial charge in [0.05, 0.1) is 18.8 Å². The van der Waals surface area contributed by atoms with Crippen LogP contribution in [0.5, 0.6) is 11.5 Å². The Hall–Kier alpha value is -4.86. The van der Waals surface area contributed by atoms with Gasteiger partial charge in [0.15, 0.2) is 0 Å². The first-order chi connectivity index (χ1) is 21.8. The van der Waals surface area contributed by atoms with Gasteiger partial charge in [-0.2, -0.15) is 0 Å². The molecule has 4 aromatic carbocycles. The van der Waals surface area contributed by atoms with E-state index in [4.69, 9.17) is 29.3 Å². The highest BCUT2D eigenvalue weighted by atomic mass is 16.5. The zero-order valence-electron chi connectivity index (χ0n) is 25.0. The van der Waals surface area contributed by atoms with Gasteiger partial charge in [0.2, 0.25) is 0 Å². The van der Waals surface area contributed by atoms with Crippen molar-refractivity contribution >= 4 is 33.6 Å². The van der Waals surface area contributed by atoms with Gasteiger partial charge in [0.1, 0.15) is 11.5 Å². The summed E-state index contributed by atoms with van der Waals surface area (Å²) in [6.07, 6.45) is 5.28. The summed E-state index contributed by atoms with van der Waals surface area (Å²) in [6, 6.07) is 31.1. The van der Waals surface area contributed by atoms with Crippen LogP contribution in [0.3, 0.4) is 0 Å². The lowest BCUT2D eigenvalue weighted by molar-refractivity contribution is -0.159. The molecule has 0 spiro atoms. The minimum atomic E-state index is -1.82. The van der Waals surface area contributed by atoms with E-state index in [0.717, 1.165) is 84.1 Å². The second-order valence-electron chi connectivity index (χ2n) is 11.2. The summed E-state index contributed by atoms with van der Waals surface area (Å²) in [5.74, 6) is -1.83. The highest BCUT2D eigenvalue weighted by Gasteiger charge is 2.33. The molecule has 1 aliphatic heterocycles. The smallest absolute Gasteiger partial charge is 0.414 e. The van der Waals surface area contributed by atoms with Crippen LogP contribution in [0.25, 0.3) is 21.7 Å². The summed E-state index contributed by atoms with van der Waals surface area (Å²) < 4.78 is 12.1. The number of carbonyl (C=O) groups is 2. The van der Waals surface area contributed by atoms with Crippen LogP contribution >= 0.6 is 0 Å². The summed E-state index contributed by atoms with van der Waals surface area (Å²) in [5, 5.41) is 29.7. The molecule has 1 fully saturated rings. The molecule has 0 aliphatic carbocycles. The van der Waals surface area contributed by atoms with Crippen molar-refractivity contribution < 1.29 is 34.4 Å². The number of fused-ring (bicyclic) bond motifs is 2. The van der Waals surface area contributed by atoms with Gasteiger partial charge in [0.25, 0.3) is 0 Å². The van der Waals surface area contributed by atoms with Crippen LogP contribution in [0.15, 0.2) is 97.2 Å². The Balaban J connectivity index is 0.000000609. The summed E-state index contributed by atoms with van der Waals surface area (Å²) in [5.41, 5.74) is 2.61. The molecule has 2 heterocycles. The first-order valence-electron chi connectivity index (χ1n) is 15.1.